The minimum Gasteiger partial charge on any atom is -0.510 e. The first kappa shape index (κ1) is 23.4. The summed E-state index contributed by atoms with van der Waals surface area (Å²) in [4.78, 5) is 40.1. The molecule has 3 aliphatic carbocycles. The van der Waals surface area contributed by atoms with E-state index in [1.165, 1.54) is 4.90 Å². The standard InChI is InChI=1S/C21H20I2N2O7/c1-25(2)14-8-4-6-3-7-9(22)5-10(23)15(26)12(7)16(27)11(6)18(29)21(8,32)19(30)13(17(14)28)20(24)31/h5-6,8,14,26,28-29,32H,3-4H2,1-2H3,(H2,24,31)/t6-,8-,14-,21-/m0/s1. The summed E-state index contributed by atoms with van der Waals surface area (Å²) >= 11 is 3.98. The quantitative estimate of drug-likeness (QED) is 0.234. The highest BCUT2D eigenvalue weighted by Crippen LogP contribution is 2.52. The third-order valence-corrected chi connectivity index (χ3v) is 8.41. The van der Waals surface area contributed by atoms with Crippen molar-refractivity contribution in [2.24, 2.45) is 17.6 Å². The largest absolute Gasteiger partial charge is 0.510 e. The van der Waals surface area contributed by atoms with Crippen LogP contribution in [0.3, 0.4) is 0 Å². The average molecular weight is 666 g/mol. The van der Waals surface area contributed by atoms with Gasteiger partial charge in [-0.2, -0.15) is 0 Å². The maximum absolute atomic E-state index is 13.4. The number of hydrogen-bond donors (Lipinski definition) is 5. The van der Waals surface area contributed by atoms with Gasteiger partial charge < -0.3 is 26.2 Å². The first-order valence-corrected chi connectivity index (χ1v) is 11.8. The second kappa shape index (κ2) is 7.67. The van der Waals surface area contributed by atoms with E-state index in [1.54, 1.807) is 20.2 Å². The number of Topliss-reactive ketones (excluding diaryl/α,β-unsaturated/α-hetero) is 2. The molecule has 0 saturated carbocycles. The Bertz CT molecular complexity index is 1170. The van der Waals surface area contributed by atoms with Gasteiger partial charge in [0.1, 0.15) is 22.8 Å². The summed E-state index contributed by atoms with van der Waals surface area (Å²) in [6.45, 7) is 0. The van der Waals surface area contributed by atoms with E-state index in [9.17, 15) is 34.8 Å². The number of aliphatic hydroxyl groups is 3. The summed E-state index contributed by atoms with van der Waals surface area (Å²) in [5.41, 5.74) is 2.38. The molecule has 0 saturated heterocycles. The first-order valence-electron chi connectivity index (χ1n) is 9.68. The predicted octanol–water partition coefficient (Wildman–Crippen LogP) is 1.33. The van der Waals surface area contributed by atoms with Crippen LogP contribution in [0, 0.1) is 19.0 Å². The number of ketones is 2. The molecule has 0 radical (unpaired) electrons. The number of phenolic OH excluding ortho intramolecular Hbond substituents is 1. The number of carbonyl (C=O) groups excluding carboxylic acids is 3. The van der Waals surface area contributed by atoms with Crippen molar-refractivity contribution in [3.8, 4) is 5.75 Å². The molecule has 4 rings (SSSR count). The lowest BCUT2D eigenvalue weighted by atomic mass is 9.58. The second-order valence-corrected chi connectivity index (χ2v) is 10.8. The van der Waals surface area contributed by atoms with E-state index in [4.69, 9.17) is 5.73 Å². The third-order valence-electron chi connectivity index (χ3n) is 6.62. The van der Waals surface area contributed by atoms with Crippen LogP contribution in [-0.2, 0) is 16.0 Å². The minimum absolute atomic E-state index is 0.0297. The predicted molar refractivity (Wildman–Crippen MR) is 129 cm³/mol. The summed E-state index contributed by atoms with van der Waals surface area (Å²) in [6, 6.07) is 0.751. The van der Waals surface area contributed by atoms with Crippen LogP contribution in [0.2, 0.25) is 0 Å². The van der Waals surface area contributed by atoms with Crippen LogP contribution in [0.5, 0.6) is 5.75 Å². The van der Waals surface area contributed by atoms with Crippen LogP contribution in [0.25, 0.3) is 0 Å². The molecule has 3 aliphatic rings. The number of nitrogens with zero attached hydrogens (tertiary/aromatic N) is 1. The Kier molecular flexibility index (Phi) is 5.62. The van der Waals surface area contributed by atoms with E-state index < -0.39 is 58.0 Å². The number of benzene rings is 1. The Balaban J connectivity index is 1.99. The molecule has 0 heterocycles. The number of aliphatic hydroxyl groups excluding tert-OH is 2. The van der Waals surface area contributed by atoms with Gasteiger partial charge in [-0.15, -0.1) is 0 Å². The molecule has 0 fully saturated rings. The first-order chi connectivity index (χ1) is 14.8. The number of amides is 1. The van der Waals surface area contributed by atoms with Crippen molar-refractivity contribution in [1.29, 1.82) is 0 Å². The number of allylic oxidation sites excluding steroid dienone is 1. The van der Waals surface area contributed by atoms with Gasteiger partial charge in [-0.3, -0.25) is 19.3 Å². The van der Waals surface area contributed by atoms with Crippen LogP contribution in [0.4, 0.5) is 0 Å². The van der Waals surface area contributed by atoms with Crippen LogP contribution < -0.4 is 5.73 Å². The molecule has 6 N–H and O–H groups in total. The summed E-state index contributed by atoms with van der Waals surface area (Å²) in [5.74, 6) is -6.41. The fourth-order valence-electron chi connectivity index (χ4n) is 5.24. The fraction of sp³-hybridized carbons (Fsp3) is 0.381. The Morgan fingerprint density at radius 2 is 1.81 bits per heavy atom. The molecule has 0 aromatic heterocycles. The molecule has 170 valence electrons. The van der Waals surface area contributed by atoms with Crippen molar-refractivity contribution in [2.75, 3.05) is 14.1 Å². The van der Waals surface area contributed by atoms with Gasteiger partial charge in [-0.05, 0) is 89.7 Å². The minimum atomic E-state index is -2.62. The fourth-order valence-corrected chi connectivity index (χ4v) is 7.22. The lowest BCUT2D eigenvalue weighted by molar-refractivity contribution is -0.148. The number of fused-ring (bicyclic) bond motifs is 3. The second-order valence-electron chi connectivity index (χ2n) is 8.51. The zero-order valence-corrected chi connectivity index (χ0v) is 21.3. The number of halogens is 2. The normalized spacial score (nSPS) is 29.8. The summed E-state index contributed by atoms with van der Waals surface area (Å²) < 4.78 is 1.23. The van der Waals surface area contributed by atoms with Crippen LogP contribution >= 0.6 is 45.2 Å². The summed E-state index contributed by atoms with van der Waals surface area (Å²) in [6.07, 6.45) is 0.367. The third kappa shape index (κ3) is 2.97. The average Bonchev–Trinajstić information content (AvgIpc) is 2.68. The molecule has 11 heteroatoms. The number of phenols is 1. The Hall–Kier alpha value is -1.71. The van der Waals surface area contributed by atoms with E-state index in [-0.39, 0.29) is 29.7 Å². The molecule has 0 aliphatic heterocycles. The van der Waals surface area contributed by atoms with Gasteiger partial charge in [0, 0.05) is 15.1 Å². The van der Waals surface area contributed by atoms with Gasteiger partial charge in [-0.25, -0.2) is 0 Å². The van der Waals surface area contributed by atoms with Crippen molar-refractivity contribution in [3.05, 3.63) is 47.0 Å². The SMILES string of the molecule is CN(C)[C@@H]1C(O)=C(C(N)=O)C(=O)[C@@]2(O)C(O)=C3C(=O)c4c(O)c(I)cc(I)c4C[C@H]3C[C@@H]12. The Morgan fingerprint density at radius 1 is 1.19 bits per heavy atom. The van der Waals surface area contributed by atoms with Crippen molar-refractivity contribution in [3.63, 3.8) is 0 Å². The van der Waals surface area contributed by atoms with Gasteiger partial charge in [-0.1, -0.05) is 0 Å². The summed E-state index contributed by atoms with van der Waals surface area (Å²) in [5, 5.41) is 43.9. The van der Waals surface area contributed by atoms with E-state index in [2.05, 4.69) is 22.6 Å². The summed E-state index contributed by atoms with van der Waals surface area (Å²) in [7, 11) is 3.19. The van der Waals surface area contributed by atoms with E-state index in [0.29, 0.717) is 9.13 Å². The van der Waals surface area contributed by atoms with Gasteiger partial charge in [0.15, 0.2) is 11.4 Å². The Morgan fingerprint density at radius 3 is 2.38 bits per heavy atom. The number of carbonyl (C=O) groups is 3. The maximum atomic E-state index is 13.4. The lowest BCUT2D eigenvalue weighted by Crippen LogP contribution is -2.63. The van der Waals surface area contributed by atoms with Crippen molar-refractivity contribution in [2.45, 2.75) is 24.5 Å². The van der Waals surface area contributed by atoms with Crippen LogP contribution in [0.15, 0.2) is 28.7 Å². The smallest absolute Gasteiger partial charge is 0.255 e. The van der Waals surface area contributed by atoms with Gasteiger partial charge in [0.25, 0.3) is 5.91 Å². The number of likely N-dealkylation sites (N-methyl/N-ethyl adjacent to an activating group) is 1. The molecule has 32 heavy (non-hydrogen) atoms. The van der Waals surface area contributed by atoms with Gasteiger partial charge in [0.05, 0.1) is 15.2 Å². The highest BCUT2D eigenvalue weighted by atomic mass is 127. The molecule has 0 spiro atoms. The molecule has 1 aromatic carbocycles. The number of nitrogens with two attached hydrogens (primary N) is 1. The highest BCUT2D eigenvalue weighted by molar-refractivity contribution is 14.1. The highest BCUT2D eigenvalue weighted by Gasteiger charge is 2.63. The molecule has 1 amide bonds. The number of aromatic hydroxyl groups is 1. The van der Waals surface area contributed by atoms with E-state index in [0.717, 1.165) is 3.57 Å². The molecule has 1 aromatic rings. The number of primary amides is 1. The zero-order valence-electron chi connectivity index (χ0n) is 17.0. The van der Waals surface area contributed by atoms with Crippen molar-refractivity contribution < 1.29 is 34.8 Å². The molecular formula is C21H20I2N2O7. The van der Waals surface area contributed by atoms with E-state index >= 15 is 0 Å². The number of hydrogen-bond acceptors (Lipinski definition) is 8. The maximum Gasteiger partial charge on any atom is 0.255 e. The zero-order chi connectivity index (χ0) is 23.9. The van der Waals surface area contributed by atoms with Crippen molar-refractivity contribution >= 4 is 62.7 Å². The van der Waals surface area contributed by atoms with Crippen LogP contribution in [-0.4, -0.2) is 68.5 Å². The molecule has 0 bridgehead atoms. The van der Waals surface area contributed by atoms with E-state index in [1.807, 2.05) is 22.6 Å². The topological polar surface area (TPSA) is 161 Å². The monoisotopic (exact) mass is 666 g/mol. The van der Waals surface area contributed by atoms with Gasteiger partial charge in [0.2, 0.25) is 5.78 Å². The Labute approximate surface area is 210 Å². The van der Waals surface area contributed by atoms with Gasteiger partial charge >= 0.3 is 0 Å². The molecule has 9 nitrogen and oxygen atoms in total. The van der Waals surface area contributed by atoms with Crippen LogP contribution in [0.1, 0.15) is 22.3 Å². The molecule has 0 unspecified atom stereocenters. The van der Waals surface area contributed by atoms with Crippen molar-refractivity contribution in [1.82, 2.24) is 4.90 Å². The lowest BCUT2D eigenvalue weighted by Gasteiger charge is -2.50. The number of rotatable bonds is 2. The molecular weight excluding hydrogens is 646 g/mol. The molecule has 4 atom stereocenters.